The fraction of sp³-hybridized carbons (Fsp3) is 0.208. The molecule has 0 aliphatic rings. The number of nitrogens with zero attached hydrogens (tertiary/aromatic N) is 1. The summed E-state index contributed by atoms with van der Waals surface area (Å²) in [5, 5.41) is 0. The molecule has 2 N–H and O–H groups in total. The maximum atomic E-state index is 12.7. The van der Waals surface area contributed by atoms with Crippen LogP contribution in [0.1, 0.15) is 31.3 Å². The zero-order valence-corrected chi connectivity index (χ0v) is 18.7. The number of H-pyrrole nitrogens is 1. The fourth-order valence-corrected chi connectivity index (χ4v) is 4.49. The molecule has 0 radical (unpaired) electrons. The van der Waals surface area contributed by atoms with Crippen LogP contribution >= 0.6 is 0 Å². The van der Waals surface area contributed by atoms with E-state index in [1.54, 1.807) is 48.5 Å². The summed E-state index contributed by atoms with van der Waals surface area (Å²) in [6.45, 7) is 4.90. The smallest absolute Gasteiger partial charge is 0.261 e. The molecule has 1 aromatic heterocycles. The third-order valence-corrected chi connectivity index (χ3v) is 6.28. The van der Waals surface area contributed by atoms with Crippen LogP contribution in [0.4, 0.5) is 5.69 Å². The molecular formula is C24H25N3O4S. The first-order valence-corrected chi connectivity index (χ1v) is 11.9. The number of fused-ring (bicyclic) bond motifs is 1. The summed E-state index contributed by atoms with van der Waals surface area (Å²) in [7, 11) is -3.69. The van der Waals surface area contributed by atoms with Crippen molar-refractivity contribution in [3.8, 4) is 5.75 Å². The van der Waals surface area contributed by atoms with Gasteiger partial charge in [-0.25, -0.2) is 13.4 Å². The molecule has 0 saturated carbocycles. The molecule has 1 unspecified atom stereocenters. The molecular weight excluding hydrogens is 426 g/mol. The van der Waals surface area contributed by atoms with Crippen LogP contribution in [0.5, 0.6) is 5.75 Å². The van der Waals surface area contributed by atoms with Gasteiger partial charge in [0.05, 0.1) is 22.5 Å². The van der Waals surface area contributed by atoms with E-state index in [1.165, 1.54) is 0 Å². The average molecular weight is 452 g/mol. The topological polar surface area (TPSA) is 93.3 Å². The van der Waals surface area contributed by atoms with Crippen LogP contribution in [0, 0.1) is 0 Å². The number of sulfonamides is 1. The highest BCUT2D eigenvalue weighted by Gasteiger charge is 2.21. The molecule has 7 nitrogen and oxygen atoms in total. The van der Waals surface area contributed by atoms with E-state index in [0.717, 1.165) is 22.3 Å². The van der Waals surface area contributed by atoms with Gasteiger partial charge in [0.15, 0.2) is 0 Å². The van der Waals surface area contributed by atoms with Crippen LogP contribution in [0.3, 0.4) is 0 Å². The second-order valence-corrected chi connectivity index (χ2v) is 8.79. The molecule has 1 heterocycles. The highest BCUT2D eigenvalue weighted by Crippen LogP contribution is 2.28. The summed E-state index contributed by atoms with van der Waals surface area (Å²) < 4.78 is 39.5. The number of ether oxygens (including phenoxy) is 2. The Morgan fingerprint density at radius 1 is 0.969 bits per heavy atom. The van der Waals surface area contributed by atoms with E-state index < -0.39 is 16.1 Å². The summed E-state index contributed by atoms with van der Waals surface area (Å²) in [4.78, 5) is 8.16. The normalized spacial score (nSPS) is 12.6. The second-order valence-electron chi connectivity index (χ2n) is 7.11. The number of imidazole rings is 1. The highest BCUT2D eigenvalue weighted by atomic mass is 32.2. The van der Waals surface area contributed by atoms with Crippen LogP contribution < -0.4 is 9.46 Å². The second kappa shape index (κ2) is 9.42. The molecule has 0 aliphatic carbocycles. The third-order valence-electron chi connectivity index (χ3n) is 4.88. The number of para-hydroxylation sites is 1. The molecule has 0 aliphatic heterocycles. The minimum Gasteiger partial charge on any atom is -0.494 e. The van der Waals surface area contributed by atoms with Crippen molar-refractivity contribution in [2.45, 2.75) is 24.8 Å². The summed E-state index contributed by atoms with van der Waals surface area (Å²) in [5.74, 6) is 1.40. The average Bonchev–Trinajstić information content (AvgIpc) is 3.21. The molecule has 0 saturated heterocycles. The van der Waals surface area contributed by atoms with Crippen molar-refractivity contribution in [3.63, 3.8) is 0 Å². The van der Waals surface area contributed by atoms with Gasteiger partial charge in [0.1, 0.15) is 17.7 Å². The van der Waals surface area contributed by atoms with Crippen LogP contribution in [0.2, 0.25) is 0 Å². The van der Waals surface area contributed by atoms with Crippen molar-refractivity contribution in [2.24, 2.45) is 0 Å². The van der Waals surface area contributed by atoms with Crippen LogP contribution in [0.15, 0.2) is 77.7 Å². The van der Waals surface area contributed by atoms with Gasteiger partial charge in [-0.1, -0.05) is 30.3 Å². The van der Waals surface area contributed by atoms with E-state index in [-0.39, 0.29) is 4.90 Å². The zero-order chi connectivity index (χ0) is 22.6. The Hall–Kier alpha value is -3.36. The summed E-state index contributed by atoms with van der Waals surface area (Å²) in [5.41, 5.74) is 2.97. The Labute approximate surface area is 187 Å². The largest absolute Gasteiger partial charge is 0.494 e. The summed E-state index contributed by atoms with van der Waals surface area (Å²) in [6, 6.07) is 21.1. The Bertz CT molecular complexity index is 1290. The molecule has 0 fully saturated rings. The third kappa shape index (κ3) is 4.76. The van der Waals surface area contributed by atoms with Crippen molar-refractivity contribution in [1.29, 1.82) is 0 Å². The quantitative estimate of drug-likeness (QED) is 0.378. The van der Waals surface area contributed by atoms with E-state index in [0.29, 0.717) is 24.7 Å². The minimum atomic E-state index is -3.69. The predicted molar refractivity (Wildman–Crippen MR) is 124 cm³/mol. The van der Waals surface area contributed by atoms with Crippen LogP contribution in [-0.4, -0.2) is 31.6 Å². The first-order valence-electron chi connectivity index (χ1n) is 10.4. The van der Waals surface area contributed by atoms with Gasteiger partial charge in [0.2, 0.25) is 0 Å². The first kappa shape index (κ1) is 21.9. The molecule has 32 heavy (non-hydrogen) atoms. The number of aromatic nitrogens is 2. The number of aromatic amines is 1. The number of anilines is 1. The van der Waals surface area contributed by atoms with Crippen LogP contribution in [-0.2, 0) is 14.8 Å². The van der Waals surface area contributed by atoms with Gasteiger partial charge in [-0.15, -0.1) is 0 Å². The molecule has 0 amide bonds. The maximum absolute atomic E-state index is 12.7. The Kier molecular flexibility index (Phi) is 6.43. The van der Waals surface area contributed by atoms with Gasteiger partial charge in [0.25, 0.3) is 10.0 Å². The lowest BCUT2D eigenvalue weighted by atomic mass is 10.1. The van der Waals surface area contributed by atoms with Crippen molar-refractivity contribution >= 4 is 26.7 Å². The van der Waals surface area contributed by atoms with Crippen molar-refractivity contribution < 1.29 is 17.9 Å². The van der Waals surface area contributed by atoms with Crippen molar-refractivity contribution in [3.05, 3.63) is 84.2 Å². The van der Waals surface area contributed by atoms with Gasteiger partial charge in [-0.05, 0) is 55.8 Å². The molecule has 8 heteroatoms. The Balaban J connectivity index is 1.61. The van der Waals surface area contributed by atoms with E-state index >= 15 is 0 Å². The Morgan fingerprint density at radius 2 is 1.72 bits per heavy atom. The number of hydrogen-bond acceptors (Lipinski definition) is 5. The molecule has 1 atom stereocenters. The summed E-state index contributed by atoms with van der Waals surface area (Å²) in [6.07, 6.45) is -0.457. The van der Waals surface area contributed by atoms with E-state index in [9.17, 15) is 8.42 Å². The van der Waals surface area contributed by atoms with Gasteiger partial charge in [-0.3, -0.25) is 4.72 Å². The first-order chi connectivity index (χ1) is 15.5. The SMILES string of the molecule is CCOc1ccc2[nH]c(C(OCC)c3ccc(S(=O)(=O)Nc4ccccc4)cc3)nc2c1. The zero-order valence-electron chi connectivity index (χ0n) is 17.9. The molecule has 4 rings (SSSR count). The fourth-order valence-electron chi connectivity index (χ4n) is 3.43. The van der Waals surface area contributed by atoms with E-state index in [4.69, 9.17) is 9.47 Å². The Morgan fingerprint density at radius 3 is 2.41 bits per heavy atom. The molecule has 3 aromatic carbocycles. The highest BCUT2D eigenvalue weighted by molar-refractivity contribution is 7.92. The minimum absolute atomic E-state index is 0.173. The lowest BCUT2D eigenvalue weighted by Gasteiger charge is -2.16. The monoisotopic (exact) mass is 451 g/mol. The number of hydrogen-bond donors (Lipinski definition) is 2. The van der Waals surface area contributed by atoms with Gasteiger partial charge < -0.3 is 14.5 Å². The van der Waals surface area contributed by atoms with Crippen LogP contribution in [0.25, 0.3) is 11.0 Å². The van der Waals surface area contributed by atoms with Gasteiger partial charge in [-0.2, -0.15) is 0 Å². The standard InChI is InChI=1S/C24H25N3O4S/c1-3-30-19-12-15-21-22(16-19)26-24(25-21)23(31-4-2)17-10-13-20(14-11-17)32(28,29)27-18-8-6-5-7-9-18/h5-16,23,27H,3-4H2,1-2H3,(H,25,26). The molecule has 0 bridgehead atoms. The predicted octanol–water partition coefficient (Wildman–Crippen LogP) is 4.89. The number of rotatable bonds is 9. The number of benzene rings is 3. The molecule has 4 aromatic rings. The lowest BCUT2D eigenvalue weighted by molar-refractivity contribution is 0.0859. The van der Waals surface area contributed by atoms with E-state index in [1.807, 2.05) is 38.1 Å². The van der Waals surface area contributed by atoms with Crippen molar-refractivity contribution in [2.75, 3.05) is 17.9 Å². The molecule has 0 spiro atoms. The van der Waals surface area contributed by atoms with Gasteiger partial charge >= 0.3 is 0 Å². The number of nitrogens with one attached hydrogen (secondary N) is 2. The summed E-state index contributed by atoms with van der Waals surface area (Å²) >= 11 is 0. The van der Waals surface area contributed by atoms with Crippen molar-refractivity contribution in [1.82, 2.24) is 9.97 Å². The molecule has 166 valence electrons. The van der Waals surface area contributed by atoms with Gasteiger partial charge in [0, 0.05) is 18.4 Å². The van der Waals surface area contributed by atoms with E-state index in [2.05, 4.69) is 14.7 Å². The lowest BCUT2D eigenvalue weighted by Crippen LogP contribution is -2.13. The maximum Gasteiger partial charge on any atom is 0.261 e.